The third kappa shape index (κ3) is 5.84. The van der Waals surface area contributed by atoms with E-state index >= 15 is 0 Å². The molecule has 0 amide bonds. The number of piperidine rings is 1. The van der Waals surface area contributed by atoms with Crippen molar-refractivity contribution in [2.75, 3.05) is 26.3 Å². The van der Waals surface area contributed by atoms with E-state index in [1.807, 2.05) is 53.2 Å². The molecular weight excluding hydrogens is 378 g/mol. The minimum Gasteiger partial charge on any atom is -0.492 e. The van der Waals surface area contributed by atoms with Crippen LogP contribution in [0.3, 0.4) is 0 Å². The summed E-state index contributed by atoms with van der Waals surface area (Å²) in [6, 6.07) is 17.9. The highest BCUT2D eigenvalue weighted by molar-refractivity contribution is 5.28. The summed E-state index contributed by atoms with van der Waals surface area (Å²) in [6.45, 7) is 4.03. The van der Waals surface area contributed by atoms with E-state index in [1.54, 1.807) is 12.5 Å². The number of hydrogen-bond donors (Lipinski definition) is 1. The summed E-state index contributed by atoms with van der Waals surface area (Å²) in [7, 11) is 0. The predicted molar refractivity (Wildman–Crippen MR) is 116 cm³/mol. The summed E-state index contributed by atoms with van der Waals surface area (Å²) in [5.41, 5.74) is 0.357. The molecule has 0 bridgehead atoms. The second-order valence-corrected chi connectivity index (χ2v) is 7.94. The topological polar surface area (TPSA) is 59.8 Å². The molecule has 1 atom stereocenters. The van der Waals surface area contributed by atoms with E-state index < -0.39 is 5.60 Å². The van der Waals surface area contributed by atoms with E-state index in [-0.39, 0.29) is 0 Å². The van der Waals surface area contributed by atoms with E-state index in [0.29, 0.717) is 19.8 Å². The van der Waals surface area contributed by atoms with Crippen molar-refractivity contribution in [1.29, 1.82) is 0 Å². The van der Waals surface area contributed by atoms with Gasteiger partial charge in [0.2, 0.25) is 0 Å². The van der Waals surface area contributed by atoms with Crippen LogP contribution in [-0.2, 0) is 13.1 Å². The Balaban J connectivity index is 1.29. The quantitative estimate of drug-likeness (QED) is 0.589. The Kier molecular flexibility index (Phi) is 6.67. The van der Waals surface area contributed by atoms with E-state index in [1.165, 1.54) is 5.56 Å². The summed E-state index contributed by atoms with van der Waals surface area (Å²) in [5.74, 6) is 1.66. The summed E-state index contributed by atoms with van der Waals surface area (Å²) < 4.78 is 13.7. The fourth-order valence-corrected chi connectivity index (χ4v) is 3.87. The van der Waals surface area contributed by atoms with Gasteiger partial charge in [0, 0.05) is 25.5 Å². The highest BCUT2D eigenvalue weighted by Gasteiger charge is 2.34. The van der Waals surface area contributed by atoms with Gasteiger partial charge < -0.3 is 19.1 Å². The molecule has 1 aliphatic rings. The molecule has 158 valence electrons. The third-order valence-corrected chi connectivity index (χ3v) is 5.37. The number of benzene rings is 2. The molecule has 0 aliphatic carbocycles. The Morgan fingerprint density at radius 2 is 1.90 bits per heavy atom. The lowest BCUT2D eigenvalue weighted by Gasteiger charge is -2.39. The molecule has 1 fully saturated rings. The number of imidazole rings is 1. The van der Waals surface area contributed by atoms with Crippen molar-refractivity contribution in [3.8, 4) is 11.5 Å². The van der Waals surface area contributed by atoms with Crippen LogP contribution in [0.2, 0.25) is 0 Å². The number of β-amino-alcohol motifs (C(OH)–C–C–N with tert-alkyl or cyclic N) is 1. The van der Waals surface area contributed by atoms with Gasteiger partial charge in [0.05, 0.1) is 12.9 Å². The number of aliphatic hydroxyl groups is 1. The second-order valence-electron chi connectivity index (χ2n) is 7.94. The minimum absolute atomic E-state index is 0.310. The highest BCUT2D eigenvalue weighted by Crippen LogP contribution is 2.25. The molecule has 1 aliphatic heterocycles. The first-order valence-corrected chi connectivity index (χ1v) is 10.5. The van der Waals surface area contributed by atoms with Gasteiger partial charge in [0.15, 0.2) is 0 Å². The van der Waals surface area contributed by atoms with Crippen LogP contribution < -0.4 is 9.47 Å². The van der Waals surface area contributed by atoms with Crippen molar-refractivity contribution in [2.45, 2.75) is 31.5 Å². The third-order valence-electron chi connectivity index (χ3n) is 5.37. The molecule has 1 saturated heterocycles. The lowest BCUT2D eigenvalue weighted by molar-refractivity contribution is -0.0621. The van der Waals surface area contributed by atoms with Gasteiger partial charge in [-0.2, -0.15) is 0 Å². The van der Waals surface area contributed by atoms with Crippen LogP contribution in [-0.4, -0.2) is 51.5 Å². The van der Waals surface area contributed by atoms with Crippen LogP contribution in [0.15, 0.2) is 73.3 Å². The molecule has 30 heavy (non-hydrogen) atoms. The Morgan fingerprint density at radius 1 is 1.03 bits per heavy atom. The maximum absolute atomic E-state index is 11.0. The molecule has 1 aromatic heterocycles. The summed E-state index contributed by atoms with van der Waals surface area (Å²) in [4.78, 5) is 6.34. The van der Waals surface area contributed by atoms with Gasteiger partial charge in [-0.25, -0.2) is 4.98 Å². The van der Waals surface area contributed by atoms with Crippen molar-refractivity contribution in [1.82, 2.24) is 14.5 Å². The number of rotatable bonds is 9. The predicted octanol–water partition coefficient (Wildman–Crippen LogP) is 3.37. The minimum atomic E-state index is -0.826. The van der Waals surface area contributed by atoms with Crippen LogP contribution >= 0.6 is 0 Å². The number of nitrogens with zero attached hydrogens (tertiary/aromatic N) is 3. The molecule has 2 heterocycles. The SMILES string of the molecule is O[C@]1(COc2ccccc2)CCCN(Cc2cccc(OCCn3ccnc3)c2)C1. The standard InChI is InChI=1S/C24H29N3O3/c28-24(19-30-22-7-2-1-3-8-22)10-5-12-27(18-24)17-21-6-4-9-23(16-21)29-15-14-26-13-11-25-20-26/h1-4,6-9,11,13,16,20,28H,5,10,12,14-15,17-19H2/t24-/m1/s1. The van der Waals surface area contributed by atoms with Crippen molar-refractivity contribution in [3.63, 3.8) is 0 Å². The smallest absolute Gasteiger partial charge is 0.119 e. The number of ether oxygens (including phenoxy) is 2. The molecule has 3 aromatic rings. The first-order chi connectivity index (χ1) is 14.7. The monoisotopic (exact) mass is 407 g/mol. The van der Waals surface area contributed by atoms with Crippen LogP contribution in [0.1, 0.15) is 18.4 Å². The highest BCUT2D eigenvalue weighted by atomic mass is 16.5. The Bertz CT molecular complexity index is 901. The summed E-state index contributed by atoms with van der Waals surface area (Å²) >= 11 is 0. The summed E-state index contributed by atoms with van der Waals surface area (Å²) in [5, 5.41) is 11.0. The van der Waals surface area contributed by atoms with Crippen molar-refractivity contribution in [2.24, 2.45) is 0 Å². The lowest BCUT2D eigenvalue weighted by atomic mass is 9.93. The Labute approximate surface area is 177 Å². The maximum Gasteiger partial charge on any atom is 0.119 e. The van der Waals surface area contributed by atoms with Gasteiger partial charge >= 0.3 is 0 Å². The molecular formula is C24H29N3O3. The van der Waals surface area contributed by atoms with Gasteiger partial charge in [0.25, 0.3) is 0 Å². The zero-order chi connectivity index (χ0) is 20.7. The largest absolute Gasteiger partial charge is 0.492 e. The number of para-hydroxylation sites is 1. The van der Waals surface area contributed by atoms with Crippen molar-refractivity contribution in [3.05, 3.63) is 78.9 Å². The van der Waals surface area contributed by atoms with E-state index in [2.05, 4.69) is 22.0 Å². The van der Waals surface area contributed by atoms with E-state index in [9.17, 15) is 5.11 Å². The molecule has 4 rings (SSSR count). The van der Waals surface area contributed by atoms with Crippen LogP contribution in [0.5, 0.6) is 11.5 Å². The number of aromatic nitrogens is 2. The Hall–Kier alpha value is -2.83. The molecule has 6 nitrogen and oxygen atoms in total. The van der Waals surface area contributed by atoms with Crippen LogP contribution in [0.4, 0.5) is 0 Å². The molecule has 1 N–H and O–H groups in total. The zero-order valence-corrected chi connectivity index (χ0v) is 17.2. The molecule has 0 radical (unpaired) electrons. The lowest BCUT2D eigenvalue weighted by Crippen LogP contribution is -2.51. The zero-order valence-electron chi connectivity index (χ0n) is 17.2. The van der Waals surface area contributed by atoms with Gasteiger partial charge in [-0.1, -0.05) is 30.3 Å². The fraction of sp³-hybridized carbons (Fsp3) is 0.375. The first kappa shape index (κ1) is 20.4. The molecule has 6 heteroatoms. The van der Waals surface area contributed by atoms with Gasteiger partial charge in [-0.3, -0.25) is 4.90 Å². The van der Waals surface area contributed by atoms with Gasteiger partial charge in [-0.05, 0) is 49.2 Å². The second kappa shape index (κ2) is 9.78. The summed E-state index contributed by atoms with van der Waals surface area (Å²) in [6.07, 6.45) is 7.20. The number of likely N-dealkylation sites (tertiary alicyclic amines) is 1. The molecule has 0 spiro atoms. The molecule has 0 saturated carbocycles. The molecule has 0 unspecified atom stereocenters. The van der Waals surface area contributed by atoms with E-state index in [4.69, 9.17) is 9.47 Å². The van der Waals surface area contributed by atoms with Crippen molar-refractivity contribution < 1.29 is 14.6 Å². The van der Waals surface area contributed by atoms with Crippen LogP contribution in [0.25, 0.3) is 0 Å². The van der Waals surface area contributed by atoms with E-state index in [0.717, 1.165) is 44.0 Å². The van der Waals surface area contributed by atoms with Crippen molar-refractivity contribution >= 4 is 0 Å². The average Bonchev–Trinajstić information content (AvgIpc) is 3.27. The molecule has 2 aromatic carbocycles. The fourth-order valence-electron chi connectivity index (χ4n) is 3.87. The average molecular weight is 408 g/mol. The van der Waals surface area contributed by atoms with Gasteiger partial charge in [-0.15, -0.1) is 0 Å². The number of hydrogen-bond acceptors (Lipinski definition) is 5. The maximum atomic E-state index is 11.0. The van der Waals surface area contributed by atoms with Crippen LogP contribution in [0, 0.1) is 0 Å². The van der Waals surface area contributed by atoms with Gasteiger partial charge in [0.1, 0.15) is 30.3 Å². The first-order valence-electron chi connectivity index (χ1n) is 10.5. The Morgan fingerprint density at radius 3 is 2.73 bits per heavy atom. The normalized spacial score (nSPS) is 19.5.